The largest absolute Gasteiger partial charge is 0.399 e. The lowest BCUT2D eigenvalue weighted by Crippen LogP contribution is -2.11. The lowest BCUT2D eigenvalue weighted by molar-refractivity contribution is 0.641. The van der Waals surface area contributed by atoms with Crippen LogP contribution in [0.5, 0.6) is 0 Å². The highest BCUT2D eigenvalue weighted by atomic mass is 14.6. The van der Waals surface area contributed by atoms with Crippen LogP contribution < -0.4 is 5.73 Å². The van der Waals surface area contributed by atoms with Crippen molar-refractivity contribution in [2.45, 2.75) is 38.5 Å². The molecule has 0 heterocycles. The fourth-order valence-corrected chi connectivity index (χ4v) is 2.12. The van der Waals surface area contributed by atoms with Crippen molar-refractivity contribution in [3.63, 3.8) is 0 Å². The first-order valence-electron chi connectivity index (χ1n) is 4.55. The van der Waals surface area contributed by atoms with Gasteiger partial charge in [0.25, 0.3) is 0 Å². The summed E-state index contributed by atoms with van der Waals surface area (Å²) in [6.45, 7) is 0. The molecule has 1 nitrogen and oxygen atoms in total. The van der Waals surface area contributed by atoms with E-state index in [0.29, 0.717) is 0 Å². The second-order valence-electron chi connectivity index (χ2n) is 3.49. The summed E-state index contributed by atoms with van der Waals surface area (Å²) < 4.78 is 0. The maximum atomic E-state index is 5.89. The molecule has 0 amide bonds. The Bertz CT molecular complexity index is 223. The van der Waals surface area contributed by atoms with Crippen LogP contribution in [-0.4, -0.2) is 0 Å². The summed E-state index contributed by atoms with van der Waals surface area (Å²) in [5, 5.41) is 0. The number of rotatable bonds is 0. The van der Waals surface area contributed by atoms with Crippen LogP contribution in [0.1, 0.15) is 38.5 Å². The maximum Gasteiger partial charge on any atom is 0.0305 e. The number of nitrogens with two attached hydrogens (primary N) is 1. The van der Waals surface area contributed by atoms with Gasteiger partial charge < -0.3 is 5.73 Å². The minimum absolute atomic E-state index is 1.07. The molecule has 0 atom stereocenters. The normalized spacial score (nSPS) is 24.5. The van der Waals surface area contributed by atoms with E-state index in [1.54, 1.807) is 5.57 Å². The molecule has 0 aromatic heterocycles. The fraction of sp³-hybridized carbons (Fsp3) is 0.600. The molecule has 0 saturated carbocycles. The van der Waals surface area contributed by atoms with Crippen LogP contribution in [0.2, 0.25) is 0 Å². The van der Waals surface area contributed by atoms with Gasteiger partial charge in [0.15, 0.2) is 0 Å². The average Bonchev–Trinajstić information content (AvgIpc) is 2.06. The van der Waals surface area contributed by atoms with E-state index < -0.39 is 0 Å². The standard InChI is InChI=1S/C10H15N/c11-10-7-3-5-8-4-1-2-6-9(8)10/h7H,1-6,11H2. The molecule has 0 radical (unpaired) electrons. The first-order chi connectivity index (χ1) is 5.38. The van der Waals surface area contributed by atoms with Crippen molar-refractivity contribution in [3.05, 3.63) is 22.9 Å². The van der Waals surface area contributed by atoms with Crippen molar-refractivity contribution in [1.82, 2.24) is 0 Å². The number of hydrogen-bond acceptors (Lipinski definition) is 1. The van der Waals surface area contributed by atoms with Crippen LogP contribution in [0.15, 0.2) is 22.9 Å². The Morgan fingerprint density at radius 2 is 1.91 bits per heavy atom. The molecule has 0 unspecified atom stereocenters. The van der Waals surface area contributed by atoms with Gasteiger partial charge in [-0.2, -0.15) is 0 Å². The van der Waals surface area contributed by atoms with Crippen molar-refractivity contribution >= 4 is 0 Å². The lowest BCUT2D eigenvalue weighted by atomic mass is 9.84. The van der Waals surface area contributed by atoms with E-state index in [1.165, 1.54) is 44.1 Å². The van der Waals surface area contributed by atoms with E-state index in [-0.39, 0.29) is 0 Å². The molecule has 2 rings (SSSR count). The fourth-order valence-electron chi connectivity index (χ4n) is 2.12. The van der Waals surface area contributed by atoms with Crippen LogP contribution in [0, 0.1) is 0 Å². The van der Waals surface area contributed by atoms with E-state index >= 15 is 0 Å². The molecule has 0 bridgehead atoms. The Balaban J connectivity index is 2.29. The van der Waals surface area contributed by atoms with Gasteiger partial charge in [-0.3, -0.25) is 0 Å². The summed E-state index contributed by atoms with van der Waals surface area (Å²) in [6.07, 6.45) is 9.89. The summed E-state index contributed by atoms with van der Waals surface area (Å²) in [6, 6.07) is 0. The quantitative estimate of drug-likeness (QED) is 0.562. The summed E-state index contributed by atoms with van der Waals surface area (Å²) in [7, 11) is 0. The van der Waals surface area contributed by atoms with Crippen LogP contribution in [0.4, 0.5) is 0 Å². The second-order valence-corrected chi connectivity index (χ2v) is 3.49. The third-order valence-electron chi connectivity index (χ3n) is 2.74. The summed E-state index contributed by atoms with van der Waals surface area (Å²) >= 11 is 0. The Morgan fingerprint density at radius 3 is 2.73 bits per heavy atom. The van der Waals surface area contributed by atoms with Gasteiger partial charge in [0.2, 0.25) is 0 Å². The molecule has 0 saturated heterocycles. The van der Waals surface area contributed by atoms with Crippen LogP contribution >= 0.6 is 0 Å². The van der Waals surface area contributed by atoms with Crippen LogP contribution in [-0.2, 0) is 0 Å². The Kier molecular flexibility index (Phi) is 1.72. The third-order valence-corrected chi connectivity index (χ3v) is 2.74. The SMILES string of the molecule is NC1=CCCC2=C1CCCC2. The first kappa shape index (κ1) is 6.96. The van der Waals surface area contributed by atoms with Crippen molar-refractivity contribution in [2.75, 3.05) is 0 Å². The summed E-state index contributed by atoms with van der Waals surface area (Å²) in [5.41, 5.74) is 10.1. The molecule has 60 valence electrons. The minimum Gasteiger partial charge on any atom is -0.399 e. The number of allylic oxidation sites excluding steroid dienone is 3. The van der Waals surface area contributed by atoms with E-state index in [0.717, 1.165) is 5.70 Å². The van der Waals surface area contributed by atoms with Crippen molar-refractivity contribution in [3.8, 4) is 0 Å². The highest BCUT2D eigenvalue weighted by Gasteiger charge is 2.16. The average molecular weight is 149 g/mol. The maximum absolute atomic E-state index is 5.89. The van der Waals surface area contributed by atoms with Gasteiger partial charge in [-0.05, 0) is 44.1 Å². The van der Waals surface area contributed by atoms with Gasteiger partial charge in [-0.15, -0.1) is 0 Å². The molecule has 1 heteroatoms. The molecule has 0 aliphatic heterocycles. The van der Waals surface area contributed by atoms with E-state index in [9.17, 15) is 0 Å². The van der Waals surface area contributed by atoms with Gasteiger partial charge in [0.1, 0.15) is 0 Å². The first-order valence-corrected chi connectivity index (χ1v) is 4.55. The van der Waals surface area contributed by atoms with Crippen molar-refractivity contribution in [2.24, 2.45) is 5.73 Å². The zero-order chi connectivity index (χ0) is 7.68. The topological polar surface area (TPSA) is 26.0 Å². The third kappa shape index (κ3) is 1.20. The Morgan fingerprint density at radius 1 is 1.09 bits per heavy atom. The van der Waals surface area contributed by atoms with Gasteiger partial charge in [0, 0.05) is 5.70 Å². The highest BCUT2D eigenvalue weighted by Crippen LogP contribution is 2.33. The smallest absolute Gasteiger partial charge is 0.0305 e. The molecule has 11 heavy (non-hydrogen) atoms. The highest BCUT2D eigenvalue weighted by molar-refractivity contribution is 5.37. The Labute approximate surface area is 68.0 Å². The molecule has 2 aliphatic rings. The van der Waals surface area contributed by atoms with Gasteiger partial charge >= 0.3 is 0 Å². The van der Waals surface area contributed by atoms with Crippen LogP contribution in [0.3, 0.4) is 0 Å². The minimum atomic E-state index is 1.07. The molecule has 0 fully saturated rings. The van der Waals surface area contributed by atoms with E-state index in [2.05, 4.69) is 6.08 Å². The lowest BCUT2D eigenvalue weighted by Gasteiger charge is -2.23. The monoisotopic (exact) mass is 149 g/mol. The van der Waals surface area contributed by atoms with Gasteiger partial charge in [-0.25, -0.2) is 0 Å². The van der Waals surface area contributed by atoms with E-state index in [1.807, 2.05) is 0 Å². The molecular formula is C10H15N. The van der Waals surface area contributed by atoms with Gasteiger partial charge in [-0.1, -0.05) is 11.6 Å². The molecule has 0 aromatic carbocycles. The predicted octanol–water partition coefficient (Wildman–Crippen LogP) is 2.49. The van der Waals surface area contributed by atoms with Crippen molar-refractivity contribution < 1.29 is 0 Å². The van der Waals surface area contributed by atoms with Gasteiger partial charge in [0.05, 0.1) is 0 Å². The molecule has 2 aliphatic carbocycles. The zero-order valence-corrected chi connectivity index (χ0v) is 6.90. The molecule has 0 aromatic rings. The molecular weight excluding hydrogens is 134 g/mol. The van der Waals surface area contributed by atoms with Crippen molar-refractivity contribution in [1.29, 1.82) is 0 Å². The zero-order valence-electron chi connectivity index (χ0n) is 6.90. The second kappa shape index (κ2) is 2.72. The summed E-state index contributed by atoms with van der Waals surface area (Å²) in [4.78, 5) is 0. The molecule has 2 N–H and O–H groups in total. The Hall–Kier alpha value is -0.720. The van der Waals surface area contributed by atoms with Crippen LogP contribution in [0.25, 0.3) is 0 Å². The number of hydrogen-bond donors (Lipinski definition) is 1. The summed E-state index contributed by atoms with van der Waals surface area (Å²) in [5.74, 6) is 0. The van der Waals surface area contributed by atoms with E-state index in [4.69, 9.17) is 5.73 Å². The predicted molar refractivity (Wildman–Crippen MR) is 47.0 cm³/mol. The molecule has 0 spiro atoms.